The molecule has 0 saturated heterocycles. The average molecular weight is 1580 g/mol. The summed E-state index contributed by atoms with van der Waals surface area (Å²) in [7, 11) is 9.87. The van der Waals surface area contributed by atoms with E-state index in [0.717, 1.165) is 46.0 Å². The summed E-state index contributed by atoms with van der Waals surface area (Å²) < 4.78 is 27.2. The van der Waals surface area contributed by atoms with Gasteiger partial charge in [0.05, 0.1) is 0 Å². The molecule has 0 saturated carbocycles. The Labute approximate surface area is 640 Å². The molecule has 2 radical (unpaired) electrons. The topological polar surface area (TPSA) is 36.9 Å². The standard InChI is InChI=1S/C47H40GeO2.2C23H19O.CH4Ge.2ClH.Zr/c1-32-30-44-40(34-22-26-38(27-23-34)49-36-14-6-4-7-15-36)18-10-12-20-42(44)46(32)48(3)47-33(2)31-45-41(19-11-13-21-43(45)47)35-24-28-39(29-25-35)50-37-16-8-5-9-17-37;2*1-17-15-19-7-5-6-10-22(23(19)16-17)18-11-13-21(14-12-18)24-20-8-3-2-4-9-20;1-2;;;/h4-31,40-41,48H,1-3H3;2*2-16,22H,1H3;2H,1H3;2*1H;/q-2;2*-1;;;;+2/p-2. The predicted octanol–water partition coefficient (Wildman–Crippen LogP) is 24.5. The summed E-state index contributed by atoms with van der Waals surface area (Å²) >= 11 is -1.38. The third-order valence-electron chi connectivity index (χ3n) is 18.8. The van der Waals surface area contributed by atoms with Crippen LogP contribution in [0.2, 0.25) is 11.5 Å². The van der Waals surface area contributed by atoms with Gasteiger partial charge in [0.25, 0.3) is 0 Å². The maximum atomic E-state index is 6.10. The molecule has 512 valence electrons. The van der Waals surface area contributed by atoms with E-state index in [1.54, 1.807) is 25.3 Å². The first-order valence-electron chi connectivity index (χ1n) is 34.9. The molecule has 12 aromatic rings. The minimum atomic E-state index is -2.25. The molecular formula is C94H82Cl2Ge2O4Zr-4. The summed E-state index contributed by atoms with van der Waals surface area (Å²) in [4.78, 5) is 0. The molecule has 4 aliphatic rings. The van der Waals surface area contributed by atoms with E-state index in [0.29, 0.717) is 0 Å². The number of hydrogen-bond acceptors (Lipinski definition) is 4. The van der Waals surface area contributed by atoms with Gasteiger partial charge in [0.1, 0.15) is 23.0 Å². The van der Waals surface area contributed by atoms with Crippen molar-refractivity contribution >= 4 is 81.0 Å². The SMILES string of the molecule is Cc1cc2c([c-]1[GeH]([CH3])[c-]1c(C)cc3c1C=CC=CC3c1ccc(Oc3ccccc3)cc1)C=CC=CC2c1ccc(Oc2ccccc2)cc1.Cc1cc2c([cH-]1)C=CC=CC2c1ccc(Oc2ccccc2)cc1.Cc1cc2c([cH-]1)C=CC=CC2c1ccc(Oc2ccccc2)cc1.[CH3][GeH].[Cl][Zr][Cl]. The van der Waals surface area contributed by atoms with Crippen molar-refractivity contribution in [2.75, 3.05) is 0 Å². The molecular weight excluding hydrogens is 1500 g/mol. The summed E-state index contributed by atoms with van der Waals surface area (Å²) in [6, 6.07) is 87.7. The number of ether oxygens (including phenoxy) is 4. The summed E-state index contributed by atoms with van der Waals surface area (Å²) in [6.45, 7) is 8.96. The van der Waals surface area contributed by atoms with Gasteiger partial charge in [-0.15, -0.1) is 47.6 Å². The monoisotopic (exact) mass is 1580 g/mol. The Kier molecular flexibility index (Phi) is 25.9. The van der Waals surface area contributed by atoms with Gasteiger partial charge >= 0.3 is 350 Å². The first-order valence-corrected chi connectivity index (χ1v) is 48.5. The molecule has 4 aliphatic carbocycles. The van der Waals surface area contributed by atoms with Crippen LogP contribution < -0.4 is 27.7 Å². The fraction of sp³-hybridized carbons (Fsp3) is 0.106. The Hall–Kier alpha value is -9.17. The number of fused-ring (bicyclic) bond motifs is 4. The molecule has 0 aromatic heterocycles. The van der Waals surface area contributed by atoms with E-state index in [2.05, 4.69) is 246 Å². The van der Waals surface area contributed by atoms with Crippen LogP contribution in [0.15, 0.2) is 328 Å². The van der Waals surface area contributed by atoms with Crippen LogP contribution in [0.4, 0.5) is 0 Å². The number of hydrogen-bond donors (Lipinski definition) is 0. The number of halogens is 2. The van der Waals surface area contributed by atoms with Crippen LogP contribution in [-0.4, -0.2) is 30.9 Å². The van der Waals surface area contributed by atoms with Gasteiger partial charge in [-0.05, 0) is 71.5 Å². The molecule has 4 nitrogen and oxygen atoms in total. The van der Waals surface area contributed by atoms with Gasteiger partial charge in [-0.2, -0.15) is 34.4 Å². The minimum absolute atomic E-state index is 0.188. The Morgan fingerprint density at radius 3 is 0.845 bits per heavy atom. The molecule has 0 bridgehead atoms. The fourth-order valence-electron chi connectivity index (χ4n) is 14.3. The van der Waals surface area contributed by atoms with Gasteiger partial charge in [0, 0.05) is 0 Å². The van der Waals surface area contributed by atoms with Gasteiger partial charge in [0.15, 0.2) is 0 Å². The Morgan fingerprint density at radius 1 is 0.330 bits per heavy atom. The first kappa shape index (κ1) is 73.6. The van der Waals surface area contributed by atoms with Crippen molar-refractivity contribution < 1.29 is 39.8 Å². The average Bonchev–Trinajstić information content (AvgIpc) is 1.60. The molecule has 103 heavy (non-hydrogen) atoms. The van der Waals surface area contributed by atoms with Crippen molar-refractivity contribution in [1.82, 2.24) is 0 Å². The van der Waals surface area contributed by atoms with Crippen molar-refractivity contribution in [3.8, 4) is 46.0 Å². The van der Waals surface area contributed by atoms with E-state index in [-0.39, 0.29) is 23.7 Å². The Morgan fingerprint density at radius 2 is 0.573 bits per heavy atom. The van der Waals surface area contributed by atoms with E-state index >= 15 is 0 Å². The molecule has 4 atom stereocenters. The normalized spacial score (nSPS) is 15.7. The molecule has 0 fully saturated rings. The third-order valence-corrected chi connectivity index (χ3v) is 25.7. The second kappa shape index (κ2) is 36.3. The quantitative estimate of drug-likeness (QED) is 0.0803. The Bertz CT molecular complexity index is 4660. The molecule has 0 N–H and O–H groups in total. The summed E-state index contributed by atoms with van der Waals surface area (Å²) in [6.07, 6.45) is 35.7. The second-order valence-corrected chi connectivity index (χ2v) is 34.9. The van der Waals surface area contributed by atoms with Crippen LogP contribution in [0.1, 0.15) is 113 Å². The van der Waals surface area contributed by atoms with Crippen LogP contribution in [0.25, 0.3) is 24.3 Å². The molecule has 4 unspecified atom stereocenters. The molecule has 0 spiro atoms. The van der Waals surface area contributed by atoms with Crippen LogP contribution >= 0.6 is 17.0 Å². The van der Waals surface area contributed by atoms with Gasteiger partial charge in [0.2, 0.25) is 0 Å². The zero-order valence-electron chi connectivity index (χ0n) is 58.8. The van der Waals surface area contributed by atoms with E-state index in [4.69, 9.17) is 36.0 Å². The number of rotatable bonds is 14. The molecule has 9 heteroatoms. The second-order valence-electron chi connectivity index (χ2n) is 25.7. The number of benzene rings is 8. The van der Waals surface area contributed by atoms with Crippen LogP contribution in [0.5, 0.6) is 46.0 Å². The van der Waals surface area contributed by atoms with E-state index in [1.807, 2.05) is 146 Å². The van der Waals surface area contributed by atoms with E-state index < -0.39 is 35.2 Å². The fourth-order valence-corrected chi connectivity index (χ4v) is 21.2. The zero-order valence-corrected chi connectivity index (χ0v) is 67.7. The molecule has 0 heterocycles. The molecule has 12 aromatic carbocycles. The molecule has 0 amide bonds. The van der Waals surface area contributed by atoms with Gasteiger partial charge in [-0.1, -0.05) is 111 Å². The zero-order chi connectivity index (χ0) is 71.4. The van der Waals surface area contributed by atoms with Crippen LogP contribution in [0, 0.1) is 27.7 Å². The summed E-state index contributed by atoms with van der Waals surface area (Å²) in [5.41, 5.74) is 21.6. The van der Waals surface area contributed by atoms with Crippen molar-refractivity contribution in [3.63, 3.8) is 0 Å². The molecule has 16 rings (SSSR count). The van der Waals surface area contributed by atoms with Gasteiger partial charge in [-0.3, -0.25) is 0 Å². The van der Waals surface area contributed by atoms with Crippen LogP contribution in [0.3, 0.4) is 0 Å². The van der Waals surface area contributed by atoms with Crippen molar-refractivity contribution in [1.29, 1.82) is 0 Å². The number of para-hydroxylation sites is 4. The van der Waals surface area contributed by atoms with Crippen molar-refractivity contribution in [2.45, 2.75) is 62.9 Å². The van der Waals surface area contributed by atoms with Crippen LogP contribution in [-0.2, 0) is 20.8 Å². The van der Waals surface area contributed by atoms with Gasteiger partial charge in [-0.25, -0.2) is 0 Å². The third kappa shape index (κ3) is 18.6. The first-order chi connectivity index (χ1) is 50.5. The number of allylic oxidation sites excluding steroid dienone is 12. The summed E-state index contributed by atoms with van der Waals surface area (Å²) in [5.74, 6) is 12.4. The van der Waals surface area contributed by atoms with Gasteiger partial charge < -0.3 is 9.47 Å². The predicted molar refractivity (Wildman–Crippen MR) is 436 cm³/mol. The van der Waals surface area contributed by atoms with Crippen molar-refractivity contribution in [3.05, 3.63) is 417 Å². The molecule has 0 aliphatic heterocycles. The number of aryl methyl sites for hydroxylation is 4. The maximum absolute atomic E-state index is 6.10. The van der Waals surface area contributed by atoms with E-state index in [1.165, 1.54) is 89.0 Å². The Balaban J connectivity index is 0.000000157. The van der Waals surface area contributed by atoms with Crippen molar-refractivity contribution in [2.24, 2.45) is 0 Å². The van der Waals surface area contributed by atoms with E-state index in [9.17, 15) is 0 Å². The summed E-state index contributed by atoms with van der Waals surface area (Å²) in [5, 5.41) is 0.